The van der Waals surface area contributed by atoms with Crippen LogP contribution < -0.4 is 0 Å². The number of hydrazone groups is 1. The van der Waals surface area contributed by atoms with E-state index in [1.165, 1.54) is 9.69 Å². The molecule has 4 heterocycles. The Morgan fingerprint density at radius 1 is 1.29 bits per heavy atom. The van der Waals surface area contributed by atoms with Gasteiger partial charge in [-0.25, -0.2) is 9.69 Å². The van der Waals surface area contributed by atoms with Crippen LogP contribution in [-0.2, 0) is 11.3 Å². The number of aromatic nitrogens is 4. The number of tetrazole rings is 1. The summed E-state index contributed by atoms with van der Waals surface area (Å²) in [7, 11) is 0. The van der Waals surface area contributed by atoms with Gasteiger partial charge in [0, 0.05) is 6.42 Å². The first-order valence-electron chi connectivity index (χ1n) is 7.42. The zero-order chi connectivity index (χ0) is 16.5. The lowest BCUT2D eigenvalue weighted by Crippen LogP contribution is -2.30. The van der Waals surface area contributed by atoms with Gasteiger partial charge in [0.2, 0.25) is 0 Å². The molecule has 9 heteroatoms. The topological polar surface area (TPSA) is 103 Å². The minimum atomic E-state index is -0.315. The van der Waals surface area contributed by atoms with Crippen LogP contribution in [0.15, 0.2) is 50.7 Å². The van der Waals surface area contributed by atoms with Crippen molar-refractivity contribution in [1.29, 1.82) is 0 Å². The van der Waals surface area contributed by atoms with E-state index in [1.807, 2.05) is 12.1 Å². The van der Waals surface area contributed by atoms with Crippen molar-refractivity contribution < 1.29 is 13.6 Å². The summed E-state index contributed by atoms with van der Waals surface area (Å²) in [5.41, 5.74) is 0.697. The predicted molar refractivity (Wildman–Crippen MR) is 80.7 cm³/mol. The zero-order valence-corrected chi connectivity index (χ0v) is 12.9. The second kappa shape index (κ2) is 5.76. The summed E-state index contributed by atoms with van der Waals surface area (Å²) in [6, 6.07) is 6.90. The van der Waals surface area contributed by atoms with E-state index >= 15 is 0 Å². The number of nitrogens with zero attached hydrogens (tertiary/aromatic N) is 6. The maximum atomic E-state index is 12.7. The van der Waals surface area contributed by atoms with Crippen LogP contribution in [0.3, 0.4) is 0 Å². The normalized spacial score (nSPS) is 17.3. The Labute approximate surface area is 136 Å². The first-order chi connectivity index (χ1) is 11.7. The third-order valence-electron chi connectivity index (χ3n) is 3.84. The highest BCUT2D eigenvalue weighted by molar-refractivity contribution is 6.01. The number of furan rings is 2. The number of aryl methyl sites for hydroxylation is 1. The number of rotatable bonds is 4. The van der Waals surface area contributed by atoms with Crippen LogP contribution in [0.25, 0.3) is 0 Å². The predicted octanol–water partition coefficient (Wildman–Crippen LogP) is 1.55. The van der Waals surface area contributed by atoms with Gasteiger partial charge in [0.1, 0.15) is 35.6 Å². The Balaban J connectivity index is 1.63. The highest BCUT2D eigenvalue weighted by Crippen LogP contribution is 2.33. The maximum absolute atomic E-state index is 12.7. The summed E-state index contributed by atoms with van der Waals surface area (Å²) in [5, 5.41) is 17.0. The van der Waals surface area contributed by atoms with Gasteiger partial charge in [0.25, 0.3) is 5.91 Å². The fourth-order valence-corrected chi connectivity index (χ4v) is 2.63. The van der Waals surface area contributed by atoms with Crippen molar-refractivity contribution in [3.63, 3.8) is 0 Å². The standard InChI is InChI=1S/C15H14N6O3/c1-10-16-18-19-20(10)9-15(22)21-12(14-5-3-7-24-14)8-11(17-21)13-4-2-6-23-13/h2-7,12H,8-9H2,1H3/t12-/m0/s1. The molecule has 0 radical (unpaired) electrons. The van der Waals surface area contributed by atoms with E-state index in [0.29, 0.717) is 29.5 Å². The first kappa shape index (κ1) is 14.4. The summed E-state index contributed by atoms with van der Waals surface area (Å²) in [6.45, 7) is 1.74. The fraction of sp³-hybridized carbons (Fsp3) is 0.267. The van der Waals surface area contributed by atoms with Crippen LogP contribution in [0.1, 0.15) is 29.8 Å². The van der Waals surface area contributed by atoms with Crippen LogP contribution >= 0.6 is 0 Å². The molecule has 3 aromatic rings. The third kappa shape index (κ3) is 2.49. The Morgan fingerprint density at radius 3 is 2.79 bits per heavy atom. The van der Waals surface area contributed by atoms with E-state index in [0.717, 1.165) is 0 Å². The molecule has 0 aliphatic carbocycles. The van der Waals surface area contributed by atoms with E-state index in [1.54, 1.807) is 31.6 Å². The second-order valence-corrected chi connectivity index (χ2v) is 5.38. The molecule has 4 rings (SSSR count). The minimum Gasteiger partial charge on any atom is -0.467 e. The van der Waals surface area contributed by atoms with E-state index in [2.05, 4.69) is 20.6 Å². The number of hydrogen-bond donors (Lipinski definition) is 0. The van der Waals surface area contributed by atoms with Gasteiger partial charge in [0.15, 0.2) is 0 Å². The number of carbonyl (C=O) groups excluding carboxylic acids is 1. The SMILES string of the molecule is Cc1nnnn1CC(=O)N1N=C(c2ccco2)C[C@H]1c1ccco1. The Kier molecular flexibility index (Phi) is 3.45. The Morgan fingerprint density at radius 2 is 2.12 bits per heavy atom. The molecule has 0 aromatic carbocycles. The van der Waals surface area contributed by atoms with Crippen LogP contribution in [-0.4, -0.2) is 36.8 Å². The fourth-order valence-electron chi connectivity index (χ4n) is 2.63. The van der Waals surface area contributed by atoms with Crippen LogP contribution in [0.4, 0.5) is 0 Å². The smallest absolute Gasteiger partial charge is 0.265 e. The highest BCUT2D eigenvalue weighted by atomic mass is 16.3. The molecule has 9 nitrogen and oxygen atoms in total. The van der Waals surface area contributed by atoms with Crippen molar-refractivity contribution in [2.45, 2.75) is 25.9 Å². The molecule has 1 aliphatic rings. The van der Waals surface area contributed by atoms with Gasteiger partial charge in [-0.2, -0.15) is 5.10 Å². The summed E-state index contributed by atoms with van der Waals surface area (Å²) < 4.78 is 12.3. The maximum Gasteiger partial charge on any atom is 0.265 e. The molecule has 0 fully saturated rings. The minimum absolute atomic E-state index is 0.00494. The Hall–Kier alpha value is -3.23. The largest absolute Gasteiger partial charge is 0.467 e. The third-order valence-corrected chi connectivity index (χ3v) is 3.84. The van der Waals surface area contributed by atoms with E-state index in [-0.39, 0.29) is 18.5 Å². The number of hydrogen-bond acceptors (Lipinski definition) is 7. The molecule has 0 saturated heterocycles. The van der Waals surface area contributed by atoms with Crippen LogP contribution in [0.5, 0.6) is 0 Å². The molecule has 1 aliphatic heterocycles. The lowest BCUT2D eigenvalue weighted by atomic mass is 10.1. The van der Waals surface area contributed by atoms with Crippen molar-refractivity contribution in [1.82, 2.24) is 25.2 Å². The van der Waals surface area contributed by atoms with E-state index in [4.69, 9.17) is 8.83 Å². The first-order valence-corrected chi connectivity index (χ1v) is 7.42. The average Bonchev–Trinajstić information content (AvgIpc) is 3.35. The molecule has 0 unspecified atom stereocenters. The van der Waals surface area contributed by atoms with Crippen LogP contribution in [0, 0.1) is 6.92 Å². The molecule has 0 spiro atoms. The van der Waals surface area contributed by atoms with Gasteiger partial charge in [-0.1, -0.05) is 0 Å². The van der Waals surface area contributed by atoms with Gasteiger partial charge < -0.3 is 8.83 Å². The summed E-state index contributed by atoms with van der Waals surface area (Å²) in [6.07, 6.45) is 3.67. The van der Waals surface area contributed by atoms with Gasteiger partial charge >= 0.3 is 0 Å². The quantitative estimate of drug-likeness (QED) is 0.720. The van der Waals surface area contributed by atoms with Crippen LogP contribution in [0.2, 0.25) is 0 Å². The van der Waals surface area contributed by atoms with Crippen molar-refractivity contribution in [2.24, 2.45) is 5.10 Å². The molecule has 122 valence electrons. The summed E-state index contributed by atoms with van der Waals surface area (Å²) >= 11 is 0. The lowest BCUT2D eigenvalue weighted by molar-refractivity contribution is -0.134. The van der Waals surface area contributed by atoms with Gasteiger partial charge in [0.05, 0.1) is 12.5 Å². The van der Waals surface area contributed by atoms with Gasteiger partial charge in [-0.3, -0.25) is 4.79 Å². The summed E-state index contributed by atoms with van der Waals surface area (Å²) in [5.74, 6) is 1.64. The van der Waals surface area contributed by atoms with Crippen molar-refractivity contribution in [2.75, 3.05) is 0 Å². The molecule has 24 heavy (non-hydrogen) atoms. The molecule has 0 bridgehead atoms. The van der Waals surface area contributed by atoms with E-state index in [9.17, 15) is 4.79 Å². The summed E-state index contributed by atoms with van der Waals surface area (Å²) in [4.78, 5) is 12.7. The Bertz CT molecular complexity index is 865. The van der Waals surface area contributed by atoms with Gasteiger partial charge in [-0.15, -0.1) is 5.10 Å². The molecular weight excluding hydrogens is 312 g/mol. The van der Waals surface area contributed by atoms with E-state index < -0.39 is 0 Å². The molecule has 0 saturated carbocycles. The average molecular weight is 326 g/mol. The lowest BCUT2D eigenvalue weighted by Gasteiger charge is -2.19. The molecule has 1 amide bonds. The zero-order valence-electron chi connectivity index (χ0n) is 12.9. The monoisotopic (exact) mass is 326 g/mol. The molecule has 1 atom stereocenters. The van der Waals surface area contributed by atoms with Gasteiger partial charge in [-0.05, 0) is 41.6 Å². The number of carbonyl (C=O) groups is 1. The van der Waals surface area contributed by atoms with Crippen molar-refractivity contribution in [3.8, 4) is 0 Å². The molecular formula is C15H14N6O3. The highest BCUT2D eigenvalue weighted by Gasteiger charge is 2.35. The van der Waals surface area contributed by atoms with Crippen molar-refractivity contribution >= 4 is 11.6 Å². The number of amides is 1. The second-order valence-electron chi connectivity index (χ2n) is 5.38. The van der Waals surface area contributed by atoms with Crippen molar-refractivity contribution in [3.05, 3.63) is 54.1 Å². The molecule has 0 N–H and O–H groups in total. The molecule has 3 aromatic heterocycles.